The van der Waals surface area contributed by atoms with E-state index in [4.69, 9.17) is 9.47 Å². The van der Waals surface area contributed by atoms with Crippen LogP contribution in [0.4, 0.5) is 5.13 Å². The van der Waals surface area contributed by atoms with E-state index in [9.17, 15) is 13.2 Å². The van der Waals surface area contributed by atoms with Crippen molar-refractivity contribution in [2.45, 2.75) is 38.1 Å². The lowest BCUT2D eigenvalue weighted by Crippen LogP contribution is -2.26. The molecule has 0 fully saturated rings. The van der Waals surface area contributed by atoms with E-state index in [-0.39, 0.29) is 15.4 Å². The van der Waals surface area contributed by atoms with Gasteiger partial charge in [-0.25, -0.2) is 13.1 Å². The zero-order chi connectivity index (χ0) is 20.0. The van der Waals surface area contributed by atoms with Crippen LogP contribution in [0.2, 0.25) is 0 Å². The van der Waals surface area contributed by atoms with E-state index >= 15 is 0 Å². The number of benzene rings is 1. The summed E-state index contributed by atoms with van der Waals surface area (Å²) in [4.78, 5) is 11.0. The number of hydrogen-bond donors (Lipinski definition) is 2. The van der Waals surface area contributed by atoms with E-state index in [0.29, 0.717) is 30.3 Å². The molecule has 0 bridgehead atoms. The van der Waals surface area contributed by atoms with Gasteiger partial charge in [-0.3, -0.25) is 4.79 Å². The van der Waals surface area contributed by atoms with Crippen LogP contribution in [0.15, 0.2) is 22.5 Å². The second-order valence-electron chi connectivity index (χ2n) is 5.47. The lowest BCUT2D eigenvalue weighted by atomic mass is 10.1. The Morgan fingerprint density at radius 3 is 2.48 bits per heavy atom. The fraction of sp³-hybridized carbons (Fsp3) is 0.438. The summed E-state index contributed by atoms with van der Waals surface area (Å²) in [5.74, 6) is 0.795. The van der Waals surface area contributed by atoms with Gasteiger partial charge in [-0.1, -0.05) is 17.4 Å². The van der Waals surface area contributed by atoms with Crippen molar-refractivity contribution < 1.29 is 22.7 Å². The van der Waals surface area contributed by atoms with E-state index < -0.39 is 16.1 Å². The van der Waals surface area contributed by atoms with E-state index in [2.05, 4.69) is 20.2 Å². The van der Waals surface area contributed by atoms with Crippen LogP contribution in [0.3, 0.4) is 0 Å². The van der Waals surface area contributed by atoms with Crippen molar-refractivity contribution in [1.82, 2.24) is 14.9 Å². The fourth-order valence-electron chi connectivity index (χ4n) is 2.21. The van der Waals surface area contributed by atoms with Crippen molar-refractivity contribution in [3.8, 4) is 11.5 Å². The van der Waals surface area contributed by atoms with Gasteiger partial charge in [0.25, 0.3) is 10.0 Å². The van der Waals surface area contributed by atoms with E-state index in [1.165, 1.54) is 6.92 Å². The van der Waals surface area contributed by atoms with Gasteiger partial charge in [0.1, 0.15) is 0 Å². The number of ether oxygens (including phenoxy) is 2. The van der Waals surface area contributed by atoms with Crippen LogP contribution in [0, 0.1) is 0 Å². The van der Waals surface area contributed by atoms with Crippen molar-refractivity contribution in [3.63, 3.8) is 0 Å². The lowest BCUT2D eigenvalue weighted by molar-refractivity contribution is -0.114. The predicted octanol–water partition coefficient (Wildman–Crippen LogP) is 2.33. The molecule has 27 heavy (non-hydrogen) atoms. The molecule has 9 nitrogen and oxygen atoms in total. The van der Waals surface area contributed by atoms with Crippen LogP contribution >= 0.6 is 11.3 Å². The SMILES string of the molecule is CCOc1ccc(C(C)NS(=O)(=O)c2nnc(NC(C)=O)s2)cc1OCC. The largest absolute Gasteiger partial charge is 0.490 e. The van der Waals surface area contributed by atoms with Crippen molar-refractivity contribution in [1.29, 1.82) is 0 Å². The zero-order valence-electron chi connectivity index (χ0n) is 15.5. The van der Waals surface area contributed by atoms with Crippen molar-refractivity contribution in [2.75, 3.05) is 18.5 Å². The maximum absolute atomic E-state index is 12.5. The highest BCUT2D eigenvalue weighted by atomic mass is 32.2. The minimum atomic E-state index is -3.90. The molecule has 0 aliphatic carbocycles. The van der Waals surface area contributed by atoms with Gasteiger partial charge in [-0.05, 0) is 38.5 Å². The molecule has 0 spiro atoms. The Morgan fingerprint density at radius 2 is 1.85 bits per heavy atom. The average Bonchev–Trinajstić information content (AvgIpc) is 3.05. The molecule has 1 amide bonds. The molecule has 0 saturated heterocycles. The first kappa shape index (κ1) is 21.1. The summed E-state index contributed by atoms with van der Waals surface area (Å²) in [5, 5.41) is 9.81. The number of amides is 1. The molecule has 2 N–H and O–H groups in total. The van der Waals surface area contributed by atoms with Gasteiger partial charge in [0, 0.05) is 13.0 Å². The Morgan fingerprint density at radius 1 is 1.19 bits per heavy atom. The fourth-order valence-corrected chi connectivity index (χ4v) is 4.40. The highest BCUT2D eigenvalue weighted by Gasteiger charge is 2.24. The number of nitrogens with one attached hydrogen (secondary N) is 2. The summed E-state index contributed by atoms with van der Waals surface area (Å²) in [6, 6.07) is 4.71. The van der Waals surface area contributed by atoms with Crippen LogP contribution in [0.1, 0.15) is 39.3 Å². The van der Waals surface area contributed by atoms with Crippen molar-refractivity contribution >= 4 is 32.4 Å². The van der Waals surface area contributed by atoms with Gasteiger partial charge in [-0.15, -0.1) is 10.2 Å². The number of hydrogen-bond acceptors (Lipinski definition) is 8. The minimum absolute atomic E-state index is 0.121. The number of carbonyl (C=O) groups is 1. The van der Waals surface area contributed by atoms with E-state index in [0.717, 1.165) is 11.3 Å². The molecular formula is C16H22N4O5S2. The molecule has 0 aliphatic heterocycles. The molecule has 0 aliphatic rings. The molecule has 148 valence electrons. The Bertz CT molecular complexity index is 898. The van der Waals surface area contributed by atoms with Crippen molar-refractivity contribution in [2.24, 2.45) is 0 Å². The summed E-state index contributed by atoms with van der Waals surface area (Å²) in [5.41, 5.74) is 0.706. The number of sulfonamides is 1. The predicted molar refractivity (Wildman–Crippen MR) is 102 cm³/mol. The molecule has 1 unspecified atom stereocenters. The Balaban J connectivity index is 2.19. The molecule has 0 saturated carbocycles. The Kier molecular flexibility index (Phi) is 7.11. The van der Waals surface area contributed by atoms with E-state index in [1.807, 2.05) is 13.8 Å². The number of rotatable bonds is 9. The topological polar surface area (TPSA) is 120 Å². The van der Waals surface area contributed by atoms with Crippen molar-refractivity contribution in [3.05, 3.63) is 23.8 Å². The average molecular weight is 415 g/mol. The summed E-state index contributed by atoms with van der Waals surface area (Å²) in [7, 11) is -3.90. The third kappa shape index (κ3) is 5.62. The summed E-state index contributed by atoms with van der Waals surface area (Å²) in [6.45, 7) is 7.69. The number of anilines is 1. The molecule has 1 aromatic heterocycles. The zero-order valence-corrected chi connectivity index (χ0v) is 17.1. The number of aromatic nitrogens is 2. The van der Waals surface area contributed by atoms with Crippen LogP contribution in [0.5, 0.6) is 11.5 Å². The highest BCUT2D eigenvalue weighted by molar-refractivity contribution is 7.91. The van der Waals surface area contributed by atoms with Crippen LogP contribution in [0.25, 0.3) is 0 Å². The molecular weight excluding hydrogens is 392 g/mol. The third-order valence-corrected chi connectivity index (χ3v) is 6.07. The first-order valence-corrected chi connectivity index (χ1v) is 10.6. The summed E-state index contributed by atoms with van der Waals surface area (Å²) < 4.78 is 38.5. The maximum Gasteiger partial charge on any atom is 0.270 e. The molecule has 11 heteroatoms. The normalized spacial score (nSPS) is 12.4. The van der Waals surface area contributed by atoms with Crippen LogP contribution in [-0.4, -0.2) is 37.7 Å². The lowest BCUT2D eigenvalue weighted by Gasteiger charge is -2.16. The van der Waals surface area contributed by atoms with Gasteiger partial charge in [0.2, 0.25) is 15.4 Å². The van der Waals surface area contributed by atoms with Gasteiger partial charge < -0.3 is 14.8 Å². The molecule has 1 atom stereocenters. The molecule has 1 heterocycles. The monoisotopic (exact) mass is 414 g/mol. The molecule has 0 radical (unpaired) electrons. The first-order chi connectivity index (χ1) is 12.8. The first-order valence-electron chi connectivity index (χ1n) is 8.29. The highest BCUT2D eigenvalue weighted by Crippen LogP contribution is 2.31. The number of carbonyl (C=O) groups excluding carboxylic acids is 1. The second-order valence-corrected chi connectivity index (χ2v) is 8.33. The van der Waals surface area contributed by atoms with Gasteiger partial charge in [0.15, 0.2) is 11.5 Å². The second kappa shape index (κ2) is 9.11. The van der Waals surface area contributed by atoms with Gasteiger partial charge in [-0.2, -0.15) is 0 Å². The standard InChI is InChI=1S/C16H22N4O5S2/c1-5-24-13-8-7-12(9-14(13)25-6-2)10(3)20-27(22,23)16-19-18-15(26-16)17-11(4)21/h7-10,20H,5-6H2,1-4H3,(H,17,18,21). The minimum Gasteiger partial charge on any atom is -0.490 e. The van der Waals surface area contributed by atoms with Crippen LogP contribution in [-0.2, 0) is 14.8 Å². The van der Waals surface area contributed by atoms with Crippen LogP contribution < -0.4 is 19.5 Å². The molecule has 2 aromatic rings. The molecule has 1 aromatic carbocycles. The Labute approximate surface area is 162 Å². The summed E-state index contributed by atoms with van der Waals surface area (Å²) in [6.07, 6.45) is 0. The van der Waals surface area contributed by atoms with Gasteiger partial charge >= 0.3 is 0 Å². The maximum atomic E-state index is 12.5. The molecule has 2 rings (SSSR count). The smallest absolute Gasteiger partial charge is 0.270 e. The number of nitrogens with zero attached hydrogens (tertiary/aromatic N) is 2. The Hall–Kier alpha value is -2.24. The third-order valence-electron chi connectivity index (χ3n) is 3.32. The van der Waals surface area contributed by atoms with E-state index in [1.54, 1.807) is 25.1 Å². The summed E-state index contributed by atoms with van der Waals surface area (Å²) >= 11 is 0.776. The quantitative estimate of drug-likeness (QED) is 0.604. The van der Waals surface area contributed by atoms with Gasteiger partial charge in [0.05, 0.1) is 13.2 Å².